The zero-order valence-electron chi connectivity index (χ0n) is 8.66. The lowest BCUT2D eigenvalue weighted by Gasteiger charge is -2.16. The molecule has 0 heterocycles. The Morgan fingerprint density at radius 3 is 2.80 bits per heavy atom. The van der Waals surface area contributed by atoms with Crippen LogP contribution in [0.3, 0.4) is 0 Å². The van der Waals surface area contributed by atoms with Crippen LogP contribution in [0.5, 0.6) is 5.75 Å². The Hall–Kier alpha value is -1.42. The van der Waals surface area contributed by atoms with Gasteiger partial charge in [-0.25, -0.2) is 4.39 Å². The quantitative estimate of drug-likeness (QED) is 0.768. The minimum absolute atomic E-state index is 0.0303. The molecule has 1 rings (SSSR count). The fourth-order valence-electron chi connectivity index (χ4n) is 0.981. The second-order valence-corrected chi connectivity index (χ2v) is 3.70. The van der Waals surface area contributed by atoms with E-state index in [0.717, 1.165) is 5.56 Å². The minimum Gasteiger partial charge on any atom is -0.487 e. The van der Waals surface area contributed by atoms with Crippen LogP contribution in [-0.4, -0.2) is 23.6 Å². The zero-order chi connectivity index (χ0) is 11.5. The molecule has 0 aliphatic carbocycles. The van der Waals surface area contributed by atoms with Crippen molar-refractivity contribution in [2.24, 2.45) is 0 Å². The van der Waals surface area contributed by atoms with Crippen molar-refractivity contribution in [3.63, 3.8) is 0 Å². The highest BCUT2D eigenvalue weighted by molar-refractivity contribution is 5.61. The third kappa shape index (κ3) is 3.32. The van der Waals surface area contributed by atoms with Gasteiger partial charge in [-0.05, 0) is 31.5 Å². The molecule has 0 bridgehead atoms. The maximum atomic E-state index is 13.2. The molecule has 1 N–H and O–H groups in total. The maximum Gasteiger partial charge on any atom is 0.165 e. The van der Waals surface area contributed by atoms with Gasteiger partial charge in [0.05, 0.1) is 0 Å². The minimum atomic E-state index is -1.59. The molecule has 0 spiro atoms. The van der Waals surface area contributed by atoms with Crippen molar-refractivity contribution in [3.05, 3.63) is 29.6 Å². The van der Waals surface area contributed by atoms with Crippen LogP contribution in [-0.2, 0) is 4.79 Å². The Kier molecular flexibility index (Phi) is 3.42. The van der Waals surface area contributed by atoms with E-state index >= 15 is 0 Å². The topological polar surface area (TPSA) is 46.5 Å². The summed E-state index contributed by atoms with van der Waals surface area (Å²) in [6, 6.07) is 4.48. The number of aldehydes is 1. The lowest BCUT2D eigenvalue weighted by atomic mass is 10.1. The first-order valence-electron chi connectivity index (χ1n) is 4.52. The van der Waals surface area contributed by atoms with E-state index in [0.29, 0.717) is 6.29 Å². The standard InChI is InChI=1S/C11H13FO3/c1-8-3-4-10(9(12)5-8)15-7-11(2,14)6-13/h3-6,14H,7H2,1-2H3/t11-/m1/s1. The van der Waals surface area contributed by atoms with Crippen LogP contribution < -0.4 is 4.74 Å². The van der Waals surface area contributed by atoms with E-state index in [4.69, 9.17) is 4.74 Å². The first-order chi connectivity index (χ1) is 6.94. The third-order valence-electron chi connectivity index (χ3n) is 1.86. The summed E-state index contributed by atoms with van der Waals surface area (Å²) in [6.07, 6.45) is 0.360. The van der Waals surface area contributed by atoms with E-state index in [1.54, 1.807) is 13.0 Å². The number of halogens is 1. The largest absolute Gasteiger partial charge is 0.487 e. The Balaban J connectivity index is 2.70. The highest BCUT2D eigenvalue weighted by atomic mass is 19.1. The summed E-state index contributed by atoms with van der Waals surface area (Å²) in [4.78, 5) is 10.4. The van der Waals surface area contributed by atoms with Crippen LogP contribution in [0, 0.1) is 12.7 Å². The number of aliphatic hydroxyl groups is 1. The summed E-state index contributed by atoms with van der Waals surface area (Å²) in [5.74, 6) is -0.473. The highest BCUT2D eigenvalue weighted by Crippen LogP contribution is 2.18. The molecule has 3 nitrogen and oxygen atoms in total. The molecule has 0 aromatic heterocycles. The van der Waals surface area contributed by atoms with Crippen molar-refractivity contribution in [1.29, 1.82) is 0 Å². The van der Waals surface area contributed by atoms with Crippen molar-refractivity contribution in [3.8, 4) is 5.75 Å². The Morgan fingerprint density at radius 2 is 2.27 bits per heavy atom. The molecule has 82 valence electrons. The van der Waals surface area contributed by atoms with Gasteiger partial charge in [0, 0.05) is 0 Å². The van der Waals surface area contributed by atoms with Crippen molar-refractivity contribution in [2.45, 2.75) is 19.4 Å². The molecule has 0 radical (unpaired) electrons. The summed E-state index contributed by atoms with van der Waals surface area (Å²) in [6.45, 7) is 2.79. The molecule has 0 amide bonds. The maximum absolute atomic E-state index is 13.2. The van der Waals surface area contributed by atoms with Crippen LogP contribution >= 0.6 is 0 Å². The molecule has 1 aromatic rings. The SMILES string of the molecule is Cc1ccc(OC[C@](C)(O)C=O)c(F)c1. The Bertz CT molecular complexity index is 361. The van der Waals surface area contributed by atoms with Crippen LogP contribution in [0.1, 0.15) is 12.5 Å². The molecule has 0 unspecified atom stereocenters. The fourth-order valence-corrected chi connectivity index (χ4v) is 0.981. The van der Waals surface area contributed by atoms with E-state index in [1.807, 2.05) is 0 Å². The number of hydrogen-bond donors (Lipinski definition) is 1. The number of aryl methyl sites for hydroxylation is 1. The van der Waals surface area contributed by atoms with Gasteiger partial charge >= 0.3 is 0 Å². The molecule has 1 aromatic carbocycles. The first-order valence-corrected chi connectivity index (χ1v) is 4.52. The normalized spacial score (nSPS) is 14.4. The van der Waals surface area contributed by atoms with Crippen LogP contribution in [0.15, 0.2) is 18.2 Å². The molecular formula is C11H13FO3. The van der Waals surface area contributed by atoms with Crippen molar-refractivity contribution in [2.75, 3.05) is 6.61 Å². The number of hydrogen-bond acceptors (Lipinski definition) is 3. The summed E-state index contributed by atoms with van der Waals surface area (Å²) >= 11 is 0. The zero-order valence-corrected chi connectivity index (χ0v) is 8.66. The predicted molar refractivity (Wildman–Crippen MR) is 53.3 cm³/mol. The molecule has 0 saturated heterocycles. The van der Waals surface area contributed by atoms with E-state index < -0.39 is 11.4 Å². The van der Waals surface area contributed by atoms with Crippen LogP contribution in [0.4, 0.5) is 4.39 Å². The van der Waals surface area contributed by atoms with E-state index in [1.165, 1.54) is 19.1 Å². The number of benzene rings is 1. The second kappa shape index (κ2) is 4.40. The number of carbonyl (C=O) groups excluding carboxylic acids is 1. The van der Waals surface area contributed by atoms with Gasteiger partial charge in [-0.3, -0.25) is 0 Å². The van der Waals surface area contributed by atoms with E-state index in [9.17, 15) is 14.3 Å². The average Bonchev–Trinajstić information content (AvgIpc) is 2.16. The van der Waals surface area contributed by atoms with E-state index in [-0.39, 0.29) is 12.4 Å². The van der Waals surface area contributed by atoms with Crippen LogP contribution in [0.2, 0.25) is 0 Å². The summed E-state index contributed by atoms with van der Waals surface area (Å²) in [7, 11) is 0. The van der Waals surface area contributed by atoms with E-state index in [2.05, 4.69) is 0 Å². The lowest BCUT2D eigenvalue weighted by Crippen LogP contribution is -2.33. The van der Waals surface area contributed by atoms with Crippen molar-refractivity contribution in [1.82, 2.24) is 0 Å². The number of carbonyl (C=O) groups is 1. The second-order valence-electron chi connectivity index (χ2n) is 3.70. The summed E-state index contributed by atoms with van der Waals surface area (Å²) in [5, 5.41) is 9.31. The van der Waals surface area contributed by atoms with Gasteiger partial charge in [0.25, 0.3) is 0 Å². The molecule has 15 heavy (non-hydrogen) atoms. The van der Waals surface area contributed by atoms with Gasteiger partial charge in [0.1, 0.15) is 6.61 Å². The molecule has 0 saturated carbocycles. The average molecular weight is 212 g/mol. The van der Waals surface area contributed by atoms with Gasteiger partial charge in [0.2, 0.25) is 0 Å². The molecule has 4 heteroatoms. The third-order valence-corrected chi connectivity index (χ3v) is 1.86. The van der Waals surface area contributed by atoms with Crippen molar-refractivity contribution < 1.29 is 19.0 Å². The smallest absolute Gasteiger partial charge is 0.165 e. The van der Waals surface area contributed by atoms with Gasteiger partial charge in [0.15, 0.2) is 23.5 Å². The van der Waals surface area contributed by atoms with Crippen LogP contribution in [0.25, 0.3) is 0 Å². The molecule has 0 aliphatic rings. The number of ether oxygens (including phenoxy) is 1. The van der Waals surface area contributed by atoms with Gasteiger partial charge < -0.3 is 14.6 Å². The first kappa shape index (κ1) is 11.7. The van der Waals surface area contributed by atoms with Gasteiger partial charge in [-0.15, -0.1) is 0 Å². The highest BCUT2D eigenvalue weighted by Gasteiger charge is 2.20. The summed E-state index contributed by atoms with van der Waals surface area (Å²) in [5.41, 5.74) is -0.806. The predicted octanol–water partition coefficient (Wildman–Crippen LogP) is 1.46. The summed E-state index contributed by atoms with van der Waals surface area (Å²) < 4.78 is 18.2. The molecular weight excluding hydrogens is 199 g/mol. The molecule has 0 aliphatic heterocycles. The molecule has 0 fully saturated rings. The van der Waals surface area contributed by atoms with Gasteiger partial charge in [-0.2, -0.15) is 0 Å². The Morgan fingerprint density at radius 1 is 1.60 bits per heavy atom. The number of rotatable bonds is 4. The molecule has 1 atom stereocenters. The lowest BCUT2D eigenvalue weighted by molar-refractivity contribution is -0.125. The van der Waals surface area contributed by atoms with Gasteiger partial charge in [-0.1, -0.05) is 6.07 Å². The fraction of sp³-hybridized carbons (Fsp3) is 0.364. The Labute approximate surface area is 87.5 Å². The monoisotopic (exact) mass is 212 g/mol. The van der Waals surface area contributed by atoms with Crippen molar-refractivity contribution >= 4 is 6.29 Å².